The normalized spacial score (nSPS) is 12.3. The number of hydrogen-bond acceptors (Lipinski definition) is 3. The molecule has 0 bridgehead atoms. The van der Waals surface area contributed by atoms with Gasteiger partial charge in [-0.15, -0.1) is 0 Å². The Bertz CT molecular complexity index is 1290. The van der Waals surface area contributed by atoms with Gasteiger partial charge in [0.1, 0.15) is 4.90 Å². The van der Waals surface area contributed by atoms with Gasteiger partial charge in [-0.25, -0.2) is 8.42 Å². The molecule has 0 heterocycles. The van der Waals surface area contributed by atoms with E-state index < -0.39 is 10.0 Å². The Morgan fingerprint density at radius 3 is 2.25 bits per heavy atom. The summed E-state index contributed by atoms with van der Waals surface area (Å²) in [6, 6.07) is 15.3. The molecule has 0 radical (unpaired) electrons. The minimum atomic E-state index is -3.98. The quantitative estimate of drug-likeness (QED) is 0.473. The minimum Gasteiger partial charge on any atom is -0.346 e. The second-order valence-electron chi connectivity index (χ2n) is 8.10. The molecule has 0 spiro atoms. The van der Waals surface area contributed by atoms with Crippen molar-refractivity contribution in [3.8, 4) is 0 Å². The van der Waals surface area contributed by atoms with Crippen LogP contribution in [-0.4, -0.2) is 14.3 Å². The third kappa shape index (κ3) is 5.31. The van der Waals surface area contributed by atoms with E-state index in [-0.39, 0.29) is 27.4 Å². The molecule has 0 fully saturated rings. The molecule has 3 aromatic rings. The first kappa shape index (κ1) is 23.8. The lowest BCUT2D eigenvalue weighted by Gasteiger charge is -2.18. The van der Waals surface area contributed by atoms with E-state index in [2.05, 4.69) is 16.1 Å². The van der Waals surface area contributed by atoms with Gasteiger partial charge >= 0.3 is 0 Å². The molecule has 1 atom stereocenters. The number of hydrogen-bond donors (Lipinski definition) is 2. The van der Waals surface area contributed by atoms with E-state index in [0.717, 1.165) is 27.8 Å². The van der Waals surface area contributed by atoms with Gasteiger partial charge < -0.3 is 5.32 Å². The maximum Gasteiger partial charge on any atom is 0.263 e. The highest BCUT2D eigenvalue weighted by molar-refractivity contribution is 7.92. The molecule has 0 aliphatic carbocycles. The molecule has 0 saturated carbocycles. The molecular formula is C25H27ClN2O3S. The topological polar surface area (TPSA) is 75.3 Å². The number of halogens is 1. The first-order chi connectivity index (χ1) is 15.0. The van der Waals surface area contributed by atoms with Crippen LogP contribution in [-0.2, 0) is 10.0 Å². The van der Waals surface area contributed by atoms with Gasteiger partial charge in [0.25, 0.3) is 15.9 Å². The Hall–Kier alpha value is -2.83. The number of carbonyl (C=O) groups excluding carboxylic acids is 1. The monoisotopic (exact) mass is 470 g/mol. The van der Waals surface area contributed by atoms with Crippen LogP contribution in [0, 0.1) is 27.7 Å². The van der Waals surface area contributed by atoms with E-state index >= 15 is 0 Å². The maximum atomic E-state index is 13.0. The molecule has 32 heavy (non-hydrogen) atoms. The zero-order chi connectivity index (χ0) is 23.6. The average Bonchev–Trinajstić information content (AvgIpc) is 2.70. The number of rotatable bonds is 6. The van der Waals surface area contributed by atoms with E-state index in [9.17, 15) is 13.2 Å². The summed E-state index contributed by atoms with van der Waals surface area (Å²) >= 11 is 6.19. The van der Waals surface area contributed by atoms with Crippen molar-refractivity contribution in [2.75, 3.05) is 4.72 Å². The summed E-state index contributed by atoms with van der Waals surface area (Å²) < 4.78 is 28.5. The Labute approximate surface area is 194 Å². The average molecular weight is 471 g/mol. The lowest BCUT2D eigenvalue weighted by atomic mass is 10.00. The zero-order valence-corrected chi connectivity index (χ0v) is 20.4. The van der Waals surface area contributed by atoms with Gasteiger partial charge in [0.05, 0.1) is 11.1 Å². The molecule has 7 heteroatoms. The second-order valence-corrected chi connectivity index (χ2v) is 10.2. The first-order valence-corrected chi connectivity index (χ1v) is 12.1. The van der Waals surface area contributed by atoms with Gasteiger partial charge in [-0.05, 0) is 87.2 Å². The molecule has 0 saturated heterocycles. The molecule has 5 nitrogen and oxygen atoms in total. The number of anilines is 1. The molecule has 0 aliphatic rings. The predicted octanol–water partition coefficient (Wildman–Crippen LogP) is 5.87. The highest BCUT2D eigenvalue weighted by Crippen LogP contribution is 2.26. The van der Waals surface area contributed by atoms with E-state index in [1.54, 1.807) is 12.1 Å². The van der Waals surface area contributed by atoms with E-state index in [0.29, 0.717) is 5.69 Å². The highest BCUT2D eigenvalue weighted by atomic mass is 35.5. The molecule has 1 amide bonds. The number of aryl methyl sites for hydroxylation is 4. The van der Waals surface area contributed by atoms with Crippen molar-refractivity contribution in [1.82, 2.24) is 5.32 Å². The van der Waals surface area contributed by atoms with E-state index in [1.165, 1.54) is 18.2 Å². The summed E-state index contributed by atoms with van der Waals surface area (Å²) in [5.41, 5.74) is 5.90. The Morgan fingerprint density at radius 2 is 1.59 bits per heavy atom. The largest absolute Gasteiger partial charge is 0.346 e. The molecule has 0 unspecified atom stereocenters. The predicted molar refractivity (Wildman–Crippen MR) is 130 cm³/mol. The Morgan fingerprint density at radius 1 is 0.875 bits per heavy atom. The van der Waals surface area contributed by atoms with Crippen molar-refractivity contribution in [2.45, 2.75) is 45.6 Å². The van der Waals surface area contributed by atoms with Gasteiger partial charge in [-0.3, -0.25) is 9.52 Å². The number of nitrogens with one attached hydrogen (secondary N) is 2. The summed E-state index contributed by atoms with van der Waals surface area (Å²) in [4.78, 5) is 12.7. The van der Waals surface area contributed by atoms with Crippen molar-refractivity contribution < 1.29 is 13.2 Å². The van der Waals surface area contributed by atoms with Crippen molar-refractivity contribution >= 4 is 33.2 Å². The van der Waals surface area contributed by atoms with Crippen LogP contribution in [0.2, 0.25) is 5.02 Å². The van der Waals surface area contributed by atoms with E-state index in [4.69, 9.17) is 11.6 Å². The van der Waals surface area contributed by atoms with Gasteiger partial charge in [-0.2, -0.15) is 0 Å². The molecule has 0 aliphatic heterocycles. The minimum absolute atomic E-state index is 0.0420. The Balaban J connectivity index is 1.85. The summed E-state index contributed by atoms with van der Waals surface area (Å²) in [6.45, 7) is 9.76. The molecule has 2 N–H and O–H groups in total. The molecule has 3 rings (SSSR count). The smallest absolute Gasteiger partial charge is 0.263 e. The summed E-state index contributed by atoms with van der Waals surface area (Å²) in [7, 11) is -3.98. The highest BCUT2D eigenvalue weighted by Gasteiger charge is 2.21. The lowest BCUT2D eigenvalue weighted by molar-refractivity contribution is 0.0939. The summed E-state index contributed by atoms with van der Waals surface area (Å²) in [6.07, 6.45) is 0. The van der Waals surface area contributed by atoms with Crippen LogP contribution in [0.15, 0.2) is 59.5 Å². The van der Waals surface area contributed by atoms with Crippen LogP contribution in [0.1, 0.15) is 51.1 Å². The van der Waals surface area contributed by atoms with Gasteiger partial charge in [0.15, 0.2) is 0 Å². The fraction of sp³-hybridized carbons (Fsp3) is 0.240. The Kier molecular flexibility index (Phi) is 6.96. The zero-order valence-electron chi connectivity index (χ0n) is 18.8. The van der Waals surface area contributed by atoms with Crippen LogP contribution in [0.25, 0.3) is 0 Å². The summed E-state index contributed by atoms with van der Waals surface area (Å²) in [5, 5.41) is 2.98. The van der Waals surface area contributed by atoms with Crippen LogP contribution >= 0.6 is 11.6 Å². The van der Waals surface area contributed by atoms with Crippen molar-refractivity contribution in [3.05, 3.63) is 93.0 Å². The van der Waals surface area contributed by atoms with Crippen LogP contribution in [0.4, 0.5) is 5.69 Å². The van der Waals surface area contributed by atoms with Crippen LogP contribution in [0.5, 0.6) is 0 Å². The number of sulfonamides is 1. The van der Waals surface area contributed by atoms with Crippen LogP contribution in [0.3, 0.4) is 0 Å². The number of benzene rings is 3. The van der Waals surface area contributed by atoms with Crippen molar-refractivity contribution in [1.29, 1.82) is 0 Å². The lowest BCUT2D eigenvalue weighted by Crippen LogP contribution is -2.27. The third-order valence-corrected chi connectivity index (χ3v) is 7.34. The SMILES string of the molecule is Cc1ccc([C@H](C)NC(=O)c2ccc(Cl)c(S(=O)(=O)Nc3ccc(C)c(C)c3)c2)c(C)c1. The maximum absolute atomic E-state index is 13.0. The fourth-order valence-electron chi connectivity index (χ4n) is 3.53. The molecule has 0 aromatic heterocycles. The van der Waals surface area contributed by atoms with Gasteiger partial charge in [0, 0.05) is 11.3 Å². The molecule has 3 aromatic carbocycles. The van der Waals surface area contributed by atoms with Crippen molar-refractivity contribution in [3.63, 3.8) is 0 Å². The molecule has 168 valence electrons. The first-order valence-electron chi connectivity index (χ1n) is 10.3. The van der Waals surface area contributed by atoms with Gasteiger partial charge in [0.2, 0.25) is 0 Å². The van der Waals surface area contributed by atoms with Crippen molar-refractivity contribution in [2.24, 2.45) is 0 Å². The number of amides is 1. The van der Waals surface area contributed by atoms with E-state index in [1.807, 2.05) is 52.8 Å². The summed E-state index contributed by atoms with van der Waals surface area (Å²) in [5.74, 6) is -0.378. The van der Waals surface area contributed by atoms with Crippen LogP contribution < -0.4 is 10.0 Å². The fourth-order valence-corrected chi connectivity index (χ4v) is 5.11. The standard InChI is InChI=1S/C25H27ClN2O3S/c1-15-6-10-22(18(4)12-15)19(5)27-25(29)20-8-11-23(26)24(14-20)32(30,31)28-21-9-7-16(2)17(3)13-21/h6-14,19,28H,1-5H3,(H,27,29)/t19-/m0/s1. The second kappa shape index (κ2) is 9.35. The van der Waals surface area contributed by atoms with Gasteiger partial charge in [-0.1, -0.05) is 41.4 Å². The molecular weight excluding hydrogens is 444 g/mol. The number of carbonyl (C=O) groups is 1. The third-order valence-electron chi connectivity index (χ3n) is 5.48.